The third-order valence-corrected chi connectivity index (χ3v) is 8.35. The fourth-order valence-corrected chi connectivity index (χ4v) is 5.50. The minimum atomic E-state index is -0.541. The van der Waals surface area contributed by atoms with E-state index in [-0.39, 0.29) is 11.6 Å². The van der Waals surface area contributed by atoms with E-state index in [9.17, 15) is 14.4 Å². The lowest BCUT2D eigenvalue weighted by Gasteiger charge is -2.17. The second kappa shape index (κ2) is 15.8. The molecule has 8 nitrogen and oxygen atoms in total. The molecule has 3 N–H and O–H groups in total. The number of rotatable bonds is 12. The Labute approximate surface area is 272 Å². The van der Waals surface area contributed by atoms with Gasteiger partial charge in [0.25, 0.3) is 11.8 Å². The average molecular weight is 644 g/mol. The quantitative estimate of drug-likeness (QED) is 0.109. The van der Waals surface area contributed by atoms with Crippen LogP contribution in [0.2, 0.25) is 5.02 Å². The number of ether oxygens (including phenoxy) is 2. The Bertz CT molecular complexity index is 1710. The standard InChI is InChI=1S/C35H34ClN3O5S/c1-5-32(35(42)38-29-19-25(36)16-14-22(29)2)45-28-13-9-12-26(20-28)37-34(41)30(39-33(40)23-10-7-6-8-11-23)18-24-15-17-27(43-3)21-31(24)44-4/h6-21,32H,5H2,1-4H3,(H,37,41)(H,38,42)(H,39,40)/b30-18+. The maximum Gasteiger partial charge on any atom is 0.272 e. The summed E-state index contributed by atoms with van der Waals surface area (Å²) in [4.78, 5) is 40.6. The van der Waals surface area contributed by atoms with Crippen LogP contribution in [-0.2, 0) is 9.59 Å². The molecule has 0 aliphatic heterocycles. The average Bonchev–Trinajstić information content (AvgIpc) is 3.05. The number of nitrogens with one attached hydrogen (secondary N) is 3. The molecule has 0 radical (unpaired) electrons. The number of carbonyl (C=O) groups excluding carboxylic acids is 3. The van der Waals surface area contributed by atoms with Crippen molar-refractivity contribution < 1.29 is 23.9 Å². The van der Waals surface area contributed by atoms with E-state index in [4.69, 9.17) is 21.1 Å². The van der Waals surface area contributed by atoms with Crippen molar-refractivity contribution in [1.82, 2.24) is 5.32 Å². The smallest absolute Gasteiger partial charge is 0.272 e. The van der Waals surface area contributed by atoms with E-state index >= 15 is 0 Å². The van der Waals surface area contributed by atoms with Gasteiger partial charge in [0.05, 0.1) is 19.5 Å². The molecule has 3 amide bonds. The summed E-state index contributed by atoms with van der Waals surface area (Å²) < 4.78 is 10.8. The molecule has 0 fully saturated rings. The van der Waals surface area contributed by atoms with Crippen LogP contribution >= 0.6 is 23.4 Å². The van der Waals surface area contributed by atoms with Crippen LogP contribution in [-0.4, -0.2) is 37.2 Å². The first-order chi connectivity index (χ1) is 21.7. The summed E-state index contributed by atoms with van der Waals surface area (Å²) in [6.45, 7) is 3.84. The SMILES string of the molecule is CCC(Sc1cccc(NC(=O)/C(=C\c2ccc(OC)cc2OC)NC(=O)c2ccccc2)c1)C(=O)Nc1cc(Cl)ccc1C. The van der Waals surface area contributed by atoms with E-state index in [0.29, 0.717) is 45.4 Å². The molecule has 232 valence electrons. The minimum Gasteiger partial charge on any atom is -0.497 e. The maximum atomic E-state index is 13.6. The third-order valence-electron chi connectivity index (χ3n) is 6.76. The van der Waals surface area contributed by atoms with Crippen LogP contribution in [0.4, 0.5) is 11.4 Å². The first-order valence-electron chi connectivity index (χ1n) is 14.2. The lowest BCUT2D eigenvalue weighted by atomic mass is 10.1. The topological polar surface area (TPSA) is 106 Å². The van der Waals surface area contributed by atoms with Crippen molar-refractivity contribution in [3.05, 3.63) is 118 Å². The first kappa shape index (κ1) is 33.2. The van der Waals surface area contributed by atoms with Gasteiger partial charge in [0.2, 0.25) is 5.91 Å². The molecule has 10 heteroatoms. The molecule has 4 rings (SSSR count). The summed E-state index contributed by atoms with van der Waals surface area (Å²) >= 11 is 7.51. The Morgan fingerprint density at radius 3 is 2.38 bits per heavy atom. The van der Waals surface area contributed by atoms with Crippen molar-refractivity contribution in [3.8, 4) is 11.5 Å². The van der Waals surface area contributed by atoms with Crippen LogP contribution in [0.1, 0.15) is 34.8 Å². The zero-order valence-corrected chi connectivity index (χ0v) is 26.9. The highest BCUT2D eigenvalue weighted by Crippen LogP contribution is 2.30. The van der Waals surface area contributed by atoms with Crippen molar-refractivity contribution >= 4 is 58.5 Å². The molecular formula is C35H34ClN3O5S. The Kier molecular flexibility index (Phi) is 11.7. The number of anilines is 2. The summed E-state index contributed by atoms with van der Waals surface area (Å²) in [5, 5.41) is 8.74. The second-order valence-corrected chi connectivity index (χ2v) is 11.6. The normalized spacial score (nSPS) is 11.7. The van der Waals surface area contributed by atoms with Gasteiger partial charge in [-0.05, 0) is 79.6 Å². The molecular weight excluding hydrogens is 610 g/mol. The Hall–Kier alpha value is -4.73. The maximum absolute atomic E-state index is 13.6. The van der Waals surface area contributed by atoms with Crippen LogP contribution in [0.15, 0.2) is 102 Å². The third kappa shape index (κ3) is 9.14. The molecule has 4 aromatic carbocycles. The van der Waals surface area contributed by atoms with Crippen molar-refractivity contribution in [2.45, 2.75) is 30.4 Å². The van der Waals surface area contributed by atoms with Gasteiger partial charge in [-0.1, -0.05) is 48.9 Å². The number of hydrogen-bond acceptors (Lipinski definition) is 6. The fourth-order valence-electron chi connectivity index (χ4n) is 4.31. The monoisotopic (exact) mass is 643 g/mol. The number of carbonyl (C=O) groups is 3. The van der Waals surface area contributed by atoms with E-state index in [2.05, 4.69) is 16.0 Å². The van der Waals surface area contributed by atoms with E-state index in [1.54, 1.807) is 92.0 Å². The summed E-state index contributed by atoms with van der Waals surface area (Å²) in [6.07, 6.45) is 2.12. The largest absolute Gasteiger partial charge is 0.497 e. The molecule has 4 aromatic rings. The predicted molar refractivity (Wildman–Crippen MR) is 181 cm³/mol. The van der Waals surface area contributed by atoms with Gasteiger partial charge < -0.3 is 25.4 Å². The lowest BCUT2D eigenvalue weighted by molar-refractivity contribution is -0.116. The van der Waals surface area contributed by atoms with Gasteiger partial charge in [0, 0.05) is 38.5 Å². The second-order valence-electron chi connectivity index (χ2n) is 9.93. The summed E-state index contributed by atoms with van der Waals surface area (Å²) in [7, 11) is 3.06. The van der Waals surface area contributed by atoms with Gasteiger partial charge in [-0.25, -0.2) is 0 Å². The molecule has 0 heterocycles. The summed E-state index contributed by atoms with van der Waals surface area (Å²) in [5.74, 6) is -0.0890. The van der Waals surface area contributed by atoms with Crippen molar-refractivity contribution in [1.29, 1.82) is 0 Å². The Balaban J connectivity index is 1.55. The lowest BCUT2D eigenvalue weighted by Crippen LogP contribution is -2.30. The number of methoxy groups -OCH3 is 2. The summed E-state index contributed by atoms with van der Waals surface area (Å²) in [5.41, 5.74) is 3.03. The molecule has 1 unspecified atom stereocenters. The van der Waals surface area contributed by atoms with E-state index in [0.717, 1.165) is 10.5 Å². The summed E-state index contributed by atoms with van der Waals surface area (Å²) in [6, 6.07) is 26.3. The van der Waals surface area contributed by atoms with Gasteiger partial charge in [0.1, 0.15) is 17.2 Å². The van der Waals surface area contributed by atoms with Crippen LogP contribution in [0.5, 0.6) is 11.5 Å². The predicted octanol–water partition coefficient (Wildman–Crippen LogP) is 7.58. The van der Waals surface area contributed by atoms with Crippen LogP contribution in [0.3, 0.4) is 0 Å². The van der Waals surface area contributed by atoms with Gasteiger partial charge in [-0.3, -0.25) is 14.4 Å². The number of benzene rings is 4. The van der Waals surface area contributed by atoms with Gasteiger partial charge >= 0.3 is 0 Å². The van der Waals surface area contributed by atoms with Gasteiger partial charge in [-0.2, -0.15) is 0 Å². The van der Waals surface area contributed by atoms with Crippen molar-refractivity contribution in [2.75, 3.05) is 24.9 Å². The highest BCUT2D eigenvalue weighted by molar-refractivity contribution is 8.00. The number of thioether (sulfide) groups is 1. The zero-order valence-electron chi connectivity index (χ0n) is 25.3. The fraction of sp³-hybridized carbons (Fsp3) is 0.171. The number of amides is 3. The van der Waals surface area contributed by atoms with Crippen LogP contribution < -0.4 is 25.4 Å². The Morgan fingerprint density at radius 2 is 1.67 bits per heavy atom. The van der Waals surface area contributed by atoms with E-state index < -0.39 is 17.1 Å². The highest BCUT2D eigenvalue weighted by Gasteiger charge is 2.20. The van der Waals surface area contributed by atoms with E-state index in [1.165, 1.54) is 18.9 Å². The molecule has 0 bridgehead atoms. The number of hydrogen-bond donors (Lipinski definition) is 3. The molecule has 0 aromatic heterocycles. The highest BCUT2D eigenvalue weighted by atomic mass is 35.5. The zero-order chi connectivity index (χ0) is 32.3. The molecule has 0 spiro atoms. The van der Waals surface area contributed by atoms with Crippen molar-refractivity contribution in [2.24, 2.45) is 0 Å². The molecule has 45 heavy (non-hydrogen) atoms. The molecule has 0 aliphatic rings. The molecule has 0 saturated heterocycles. The molecule has 0 saturated carbocycles. The van der Waals surface area contributed by atoms with E-state index in [1.807, 2.05) is 26.0 Å². The number of halogens is 1. The minimum absolute atomic E-state index is 0.00748. The van der Waals surface area contributed by atoms with Crippen LogP contribution in [0.25, 0.3) is 6.08 Å². The Morgan fingerprint density at radius 1 is 0.889 bits per heavy atom. The molecule has 0 aliphatic carbocycles. The number of aryl methyl sites for hydroxylation is 1. The molecule has 1 atom stereocenters. The van der Waals surface area contributed by atoms with Gasteiger partial charge in [-0.15, -0.1) is 11.8 Å². The van der Waals surface area contributed by atoms with Gasteiger partial charge in [0.15, 0.2) is 0 Å². The van der Waals surface area contributed by atoms with Crippen molar-refractivity contribution in [3.63, 3.8) is 0 Å². The van der Waals surface area contributed by atoms with Crippen LogP contribution in [0, 0.1) is 6.92 Å². The first-order valence-corrected chi connectivity index (χ1v) is 15.4.